The molecule has 4 heteroatoms. The summed E-state index contributed by atoms with van der Waals surface area (Å²) in [5, 5.41) is 3.29. The van der Waals surface area contributed by atoms with Crippen molar-refractivity contribution in [1.82, 2.24) is 4.90 Å². The summed E-state index contributed by atoms with van der Waals surface area (Å²) in [6.45, 7) is 0. The first-order chi connectivity index (χ1) is 9.58. The van der Waals surface area contributed by atoms with Gasteiger partial charge in [0.25, 0.3) is 0 Å². The number of carbonyl (C=O) groups excluding carboxylic acids is 1. The normalized spacial score (nSPS) is 11.8. The highest BCUT2D eigenvalue weighted by molar-refractivity contribution is 9.10. The predicted octanol–water partition coefficient (Wildman–Crippen LogP) is 3.69. The number of amides is 1. The van der Waals surface area contributed by atoms with E-state index >= 15 is 0 Å². The Morgan fingerprint density at radius 3 is 2.20 bits per heavy atom. The lowest BCUT2D eigenvalue weighted by Crippen LogP contribution is -2.32. The van der Waals surface area contributed by atoms with Crippen LogP contribution in [0.15, 0.2) is 59.1 Å². The molecule has 0 bridgehead atoms. The van der Waals surface area contributed by atoms with Crippen LogP contribution in [-0.4, -0.2) is 24.9 Å². The number of likely N-dealkylation sites (N-methyl/N-ethyl adjacent to an activating group) is 1. The van der Waals surface area contributed by atoms with E-state index in [-0.39, 0.29) is 11.9 Å². The summed E-state index contributed by atoms with van der Waals surface area (Å²) in [6.07, 6.45) is 0. The van der Waals surface area contributed by atoms with E-state index in [0.717, 1.165) is 15.7 Å². The number of nitrogens with zero attached hydrogens (tertiary/aromatic N) is 1. The summed E-state index contributed by atoms with van der Waals surface area (Å²) in [6, 6.07) is 17.1. The third kappa shape index (κ3) is 3.61. The fourth-order valence-electron chi connectivity index (χ4n) is 1.90. The molecule has 0 aliphatic carbocycles. The van der Waals surface area contributed by atoms with E-state index in [2.05, 4.69) is 21.2 Å². The van der Waals surface area contributed by atoms with Crippen molar-refractivity contribution in [3.8, 4) is 0 Å². The van der Waals surface area contributed by atoms with Crippen molar-refractivity contribution in [2.45, 2.75) is 6.04 Å². The first-order valence-corrected chi connectivity index (χ1v) is 7.15. The molecule has 0 heterocycles. The van der Waals surface area contributed by atoms with Gasteiger partial charge in [0.05, 0.1) is 0 Å². The van der Waals surface area contributed by atoms with Gasteiger partial charge in [-0.25, -0.2) is 0 Å². The van der Waals surface area contributed by atoms with Crippen LogP contribution >= 0.6 is 15.9 Å². The lowest BCUT2D eigenvalue weighted by molar-refractivity contribution is -0.129. The minimum atomic E-state index is -0.382. The van der Waals surface area contributed by atoms with E-state index in [1.54, 1.807) is 19.0 Å². The second kappa shape index (κ2) is 6.57. The zero-order valence-corrected chi connectivity index (χ0v) is 13.1. The van der Waals surface area contributed by atoms with Crippen molar-refractivity contribution in [3.05, 3.63) is 64.6 Å². The Hall–Kier alpha value is -1.81. The first-order valence-electron chi connectivity index (χ1n) is 6.36. The number of benzene rings is 2. The average Bonchev–Trinajstić information content (AvgIpc) is 2.47. The summed E-state index contributed by atoms with van der Waals surface area (Å²) in [4.78, 5) is 14.0. The molecule has 1 N–H and O–H groups in total. The number of hydrogen-bond acceptors (Lipinski definition) is 2. The lowest BCUT2D eigenvalue weighted by Gasteiger charge is -2.23. The van der Waals surface area contributed by atoms with Crippen LogP contribution in [0.4, 0.5) is 5.69 Å². The summed E-state index contributed by atoms with van der Waals surface area (Å²) in [5.74, 6) is 0.0270. The van der Waals surface area contributed by atoms with Crippen LogP contribution < -0.4 is 5.32 Å². The van der Waals surface area contributed by atoms with Crippen LogP contribution in [0.2, 0.25) is 0 Å². The molecule has 0 spiro atoms. The molecule has 2 aromatic rings. The maximum Gasteiger partial charge on any atom is 0.249 e. The Labute approximate surface area is 127 Å². The van der Waals surface area contributed by atoms with Gasteiger partial charge in [-0.2, -0.15) is 0 Å². The quantitative estimate of drug-likeness (QED) is 0.925. The van der Waals surface area contributed by atoms with Crippen LogP contribution in [0.25, 0.3) is 0 Å². The second-order valence-corrected chi connectivity index (χ2v) is 5.64. The SMILES string of the molecule is CN(C)C(=O)[C@@H](Nc1ccc(Br)cc1)c1ccccc1. The summed E-state index contributed by atoms with van der Waals surface area (Å²) < 4.78 is 1.01. The third-order valence-electron chi connectivity index (χ3n) is 2.98. The topological polar surface area (TPSA) is 32.3 Å². The number of hydrogen-bond donors (Lipinski definition) is 1. The molecule has 2 aromatic carbocycles. The second-order valence-electron chi connectivity index (χ2n) is 4.73. The summed E-state index contributed by atoms with van der Waals surface area (Å²) in [7, 11) is 3.53. The molecular formula is C16H17BrN2O. The zero-order valence-electron chi connectivity index (χ0n) is 11.5. The fraction of sp³-hybridized carbons (Fsp3) is 0.188. The van der Waals surface area contributed by atoms with Gasteiger partial charge in [0.1, 0.15) is 6.04 Å². The average molecular weight is 333 g/mol. The molecule has 1 atom stereocenters. The molecule has 3 nitrogen and oxygen atoms in total. The van der Waals surface area contributed by atoms with Crippen LogP contribution in [0, 0.1) is 0 Å². The molecule has 0 radical (unpaired) electrons. The number of anilines is 1. The van der Waals surface area contributed by atoms with Crippen molar-refractivity contribution in [1.29, 1.82) is 0 Å². The van der Waals surface area contributed by atoms with Gasteiger partial charge < -0.3 is 10.2 Å². The monoisotopic (exact) mass is 332 g/mol. The Balaban J connectivity index is 2.28. The Bertz CT molecular complexity index is 567. The minimum Gasteiger partial charge on any atom is -0.370 e. The van der Waals surface area contributed by atoms with E-state index in [1.807, 2.05) is 54.6 Å². The maximum atomic E-state index is 12.4. The van der Waals surface area contributed by atoms with Gasteiger partial charge in [-0.3, -0.25) is 4.79 Å². The zero-order chi connectivity index (χ0) is 14.5. The van der Waals surface area contributed by atoms with Gasteiger partial charge in [-0.1, -0.05) is 46.3 Å². The Kier molecular flexibility index (Phi) is 4.79. The van der Waals surface area contributed by atoms with Crippen molar-refractivity contribution in [2.75, 3.05) is 19.4 Å². The third-order valence-corrected chi connectivity index (χ3v) is 3.50. The van der Waals surface area contributed by atoms with E-state index in [1.165, 1.54) is 0 Å². The van der Waals surface area contributed by atoms with Crippen molar-refractivity contribution >= 4 is 27.5 Å². The van der Waals surface area contributed by atoms with E-state index in [4.69, 9.17) is 0 Å². The number of nitrogens with one attached hydrogen (secondary N) is 1. The summed E-state index contributed by atoms with van der Waals surface area (Å²) >= 11 is 3.41. The molecule has 0 unspecified atom stereocenters. The smallest absolute Gasteiger partial charge is 0.249 e. The van der Waals surface area contributed by atoms with Crippen molar-refractivity contribution in [2.24, 2.45) is 0 Å². The van der Waals surface area contributed by atoms with Gasteiger partial charge in [0, 0.05) is 24.3 Å². The number of carbonyl (C=O) groups is 1. The van der Waals surface area contributed by atoms with Crippen molar-refractivity contribution < 1.29 is 4.79 Å². The Morgan fingerprint density at radius 1 is 1.05 bits per heavy atom. The molecule has 2 rings (SSSR count). The number of rotatable bonds is 4. The van der Waals surface area contributed by atoms with Crippen molar-refractivity contribution in [3.63, 3.8) is 0 Å². The van der Waals surface area contributed by atoms with Crippen LogP contribution in [0.1, 0.15) is 11.6 Å². The highest BCUT2D eigenvalue weighted by Crippen LogP contribution is 2.22. The molecule has 1 amide bonds. The van der Waals surface area contributed by atoms with E-state index in [9.17, 15) is 4.79 Å². The highest BCUT2D eigenvalue weighted by Gasteiger charge is 2.21. The molecule has 104 valence electrons. The lowest BCUT2D eigenvalue weighted by atomic mass is 10.1. The van der Waals surface area contributed by atoms with Gasteiger partial charge >= 0.3 is 0 Å². The van der Waals surface area contributed by atoms with E-state index in [0.29, 0.717) is 0 Å². The molecule has 0 fully saturated rings. The van der Waals surface area contributed by atoms with Gasteiger partial charge in [0.15, 0.2) is 0 Å². The van der Waals surface area contributed by atoms with Gasteiger partial charge in [-0.05, 0) is 29.8 Å². The highest BCUT2D eigenvalue weighted by atomic mass is 79.9. The Morgan fingerprint density at radius 2 is 1.65 bits per heavy atom. The van der Waals surface area contributed by atoms with Crippen LogP contribution in [0.5, 0.6) is 0 Å². The minimum absolute atomic E-state index is 0.0270. The standard InChI is InChI=1S/C16H17BrN2O/c1-19(2)16(20)15(12-6-4-3-5-7-12)18-14-10-8-13(17)9-11-14/h3-11,15,18H,1-2H3/t15-/m0/s1. The largest absolute Gasteiger partial charge is 0.370 e. The molecule has 0 aromatic heterocycles. The van der Waals surface area contributed by atoms with Crippen LogP contribution in [0.3, 0.4) is 0 Å². The summed E-state index contributed by atoms with van der Waals surface area (Å²) in [5.41, 5.74) is 1.87. The van der Waals surface area contributed by atoms with E-state index < -0.39 is 0 Å². The molecular weight excluding hydrogens is 316 g/mol. The maximum absolute atomic E-state index is 12.4. The number of halogens is 1. The fourth-order valence-corrected chi connectivity index (χ4v) is 2.17. The first kappa shape index (κ1) is 14.6. The molecule has 0 aliphatic heterocycles. The van der Waals surface area contributed by atoms with Gasteiger partial charge in [-0.15, -0.1) is 0 Å². The molecule has 0 saturated heterocycles. The molecule has 0 saturated carbocycles. The van der Waals surface area contributed by atoms with Gasteiger partial charge in [0.2, 0.25) is 5.91 Å². The van der Waals surface area contributed by atoms with Crippen LogP contribution in [-0.2, 0) is 4.79 Å². The molecule has 20 heavy (non-hydrogen) atoms. The molecule has 0 aliphatic rings. The predicted molar refractivity (Wildman–Crippen MR) is 85.6 cm³/mol.